The van der Waals surface area contributed by atoms with Gasteiger partial charge in [-0.05, 0) is 0 Å². The van der Waals surface area contributed by atoms with Gasteiger partial charge in [-0.15, -0.1) is 0 Å². The fourth-order valence-corrected chi connectivity index (χ4v) is 0. The van der Waals surface area contributed by atoms with Gasteiger partial charge in [0, 0.05) is 0 Å². The molecule has 4 nitrogen and oxygen atoms in total. The first kappa shape index (κ1) is 10.2. The van der Waals surface area contributed by atoms with Gasteiger partial charge in [-0.25, -0.2) is 4.57 Å². The van der Waals surface area contributed by atoms with E-state index in [2.05, 4.69) is 0 Å². The van der Waals surface area contributed by atoms with Crippen molar-refractivity contribution in [2.45, 2.75) is 0 Å². The summed E-state index contributed by atoms with van der Waals surface area (Å²) in [5.41, 5.74) is 0. The van der Waals surface area contributed by atoms with Crippen molar-refractivity contribution in [1.29, 1.82) is 0 Å². The predicted molar refractivity (Wildman–Crippen MR) is 14.3 cm³/mol. The summed E-state index contributed by atoms with van der Waals surface area (Å²) in [6.45, 7) is 0. The molecule has 0 aliphatic rings. The van der Waals surface area contributed by atoms with Crippen molar-refractivity contribution in [3.05, 3.63) is 0 Å². The molecule has 0 fully saturated rings. The maximum absolute atomic E-state index is 8.88. The van der Waals surface area contributed by atoms with Crippen molar-refractivity contribution < 1.29 is 52.0 Å². The molecule has 0 saturated heterocycles. The minimum absolute atomic E-state index is 0. The molecule has 3 N–H and O–H groups in total. The van der Waals surface area contributed by atoms with E-state index in [0.29, 0.717) is 0 Å². The second-order valence-corrected chi connectivity index (χ2v) is 1.54. The molecule has 0 saturated carbocycles. The summed E-state index contributed by atoms with van der Waals surface area (Å²) in [5.74, 6) is 0. The van der Waals surface area contributed by atoms with Gasteiger partial charge in [0.2, 0.25) is 0 Å². The van der Waals surface area contributed by atoms with Crippen molar-refractivity contribution in [2.75, 3.05) is 0 Å². The molecule has 0 aliphatic heterocycles. The molecule has 0 radical (unpaired) electrons. The third-order valence-corrected chi connectivity index (χ3v) is 0. The van der Waals surface area contributed by atoms with Gasteiger partial charge < -0.3 is 14.7 Å². The maximum atomic E-state index is 8.88. The van der Waals surface area contributed by atoms with Crippen LogP contribution < -0.4 is 0 Å². The van der Waals surface area contributed by atoms with Crippen LogP contribution in [0.3, 0.4) is 0 Å². The van der Waals surface area contributed by atoms with Crippen LogP contribution in [0, 0.1) is 0 Å². The predicted octanol–water partition coefficient (Wildman–Crippen LogP) is -0.931. The van der Waals surface area contributed by atoms with E-state index in [0.717, 1.165) is 0 Å². The van der Waals surface area contributed by atoms with Gasteiger partial charge in [-0.2, -0.15) is 0 Å². The topological polar surface area (TPSA) is 77.8 Å². The van der Waals surface area contributed by atoms with Crippen LogP contribution in [0.4, 0.5) is 0 Å². The van der Waals surface area contributed by atoms with Gasteiger partial charge in [0.05, 0.1) is 0 Å². The zero-order chi connectivity index (χ0) is 4.50. The first-order valence-corrected chi connectivity index (χ1v) is 2.35. The van der Waals surface area contributed by atoms with Crippen LogP contribution >= 0.6 is 7.82 Å². The van der Waals surface area contributed by atoms with Gasteiger partial charge in [0.15, 0.2) is 0 Å². The first-order chi connectivity index (χ1) is 2.00. The molecule has 0 rings (SSSR count). The molecular formula is H3O4PY+3. The van der Waals surface area contributed by atoms with Crippen LogP contribution in [0.1, 0.15) is 0 Å². The zero-order valence-corrected chi connectivity index (χ0v) is 6.51. The smallest absolute Gasteiger partial charge is 0.303 e. The summed E-state index contributed by atoms with van der Waals surface area (Å²) in [5, 5.41) is 0. The Balaban J connectivity index is 0. The van der Waals surface area contributed by atoms with Gasteiger partial charge >= 0.3 is 40.5 Å². The average Bonchev–Trinajstić information content (AvgIpc) is 0.722. The fourth-order valence-electron chi connectivity index (χ4n) is 0. The standard InChI is InChI=1S/H3O4P.Y/c1-5(2,3)4;/h(H3,1,2,3,4);/q;+3. The SMILES string of the molecule is O=P(O)(O)O.[Y+3]. The number of hydrogen-bond donors (Lipinski definition) is 3. The zero-order valence-electron chi connectivity index (χ0n) is 2.77. The van der Waals surface area contributed by atoms with Crippen LogP contribution in [-0.2, 0) is 37.3 Å². The van der Waals surface area contributed by atoms with E-state index in [1.807, 2.05) is 0 Å². The summed E-state index contributed by atoms with van der Waals surface area (Å²) < 4.78 is 8.88. The van der Waals surface area contributed by atoms with E-state index in [4.69, 9.17) is 19.2 Å². The van der Waals surface area contributed by atoms with Crippen molar-refractivity contribution in [2.24, 2.45) is 0 Å². The maximum Gasteiger partial charge on any atom is 3.00 e. The molecule has 0 bridgehead atoms. The van der Waals surface area contributed by atoms with Gasteiger partial charge in [-0.3, -0.25) is 0 Å². The summed E-state index contributed by atoms with van der Waals surface area (Å²) in [4.78, 5) is 21.6. The minimum Gasteiger partial charge on any atom is -0.303 e. The quantitative estimate of drug-likeness (QED) is 0.428. The van der Waals surface area contributed by atoms with Gasteiger partial charge in [0.1, 0.15) is 0 Å². The van der Waals surface area contributed by atoms with Crippen molar-refractivity contribution >= 4 is 7.82 Å². The summed E-state index contributed by atoms with van der Waals surface area (Å²) >= 11 is 0. The number of rotatable bonds is 0. The fraction of sp³-hybridized carbons (Fsp3) is 0. The molecular weight excluding hydrogens is 184 g/mol. The Morgan fingerprint density at radius 1 is 1.17 bits per heavy atom. The van der Waals surface area contributed by atoms with E-state index in [1.54, 1.807) is 0 Å². The molecule has 0 amide bonds. The van der Waals surface area contributed by atoms with Crippen molar-refractivity contribution in [3.8, 4) is 0 Å². The van der Waals surface area contributed by atoms with Gasteiger partial charge in [-0.1, -0.05) is 0 Å². The molecule has 6 heavy (non-hydrogen) atoms. The average molecular weight is 187 g/mol. The largest absolute Gasteiger partial charge is 3.00 e. The van der Waals surface area contributed by atoms with E-state index in [-0.39, 0.29) is 32.7 Å². The molecule has 6 heteroatoms. The second-order valence-electron chi connectivity index (χ2n) is 0.513. The Bertz CT molecular complexity index is 53.7. The number of hydrogen-bond acceptors (Lipinski definition) is 1. The number of phosphoric acid groups is 1. The van der Waals surface area contributed by atoms with Crippen LogP contribution in [0.2, 0.25) is 0 Å². The summed E-state index contributed by atoms with van der Waals surface area (Å²) in [7, 11) is -4.64. The Labute approximate surface area is 59.7 Å². The van der Waals surface area contributed by atoms with Crippen LogP contribution in [0.25, 0.3) is 0 Å². The molecule has 0 aromatic carbocycles. The molecule has 0 aromatic rings. The molecule has 0 aliphatic carbocycles. The third-order valence-electron chi connectivity index (χ3n) is 0. The van der Waals surface area contributed by atoms with Gasteiger partial charge in [0.25, 0.3) is 0 Å². The third kappa shape index (κ3) is 62.8. The second kappa shape index (κ2) is 3.25. The Morgan fingerprint density at radius 3 is 1.17 bits per heavy atom. The minimum atomic E-state index is -4.64. The monoisotopic (exact) mass is 187 g/mol. The van der Waals surface area contributed by atoms with E-state index in [9.17, 15) is 0 Å². The molecule has 0 atom stereocenters. The molecule has 0 aromatic heterocycles. The van der Waals surface area contributed by atoms with Crippen LogP contribution in [0.15, 0.2) is 0 Å². The Kier molecular flexibility index (Phi) is 5.54. The normalized spacial score (nSPS) is 9.83. The van der Waals surface area contributed by atoms with Crippen LogP contribution in [-0.4, -0.2) is 14.7 Å². The van der Waals surface area contributed by atoms with E-state index >= 15 is 0 Å². The molecule has 0 spiro atoms. The first-order valence-electron chi connectivity index (χ1n) is 0.783. The van der Waals surface area contributed by atoms with Crippen molar-refractivity contribution in [1.82, 2.24) is 0 Å². The Hall–Kier alpha value is 1.21. The summed E-state index contributed by atoms with van der Waals surface area (Å²) in [6.07, 6.45) is 0. The van der Waals surface area contributed by atoms with Crippen LogP contribution in [0.5, 0.6) is 0 Å². The molecule has 0 heterocycles. The Morgan fingerprint density at radius 2 is 1.17 bits per heavy atom. The molecule has 32 valence electrons. The van der Waals surface area contributed by atoms with E-state index in [1.165, 1.54) is 0 Å². The van der Waals surface area contributed by atoms with E-state index < -0.39 is 7.82 Å². The van der Waals surface area contributed by atoms with Crippen molar-refractivity contribution in [3.63, 3.8) is 0 Å². The molecule has 0 unspecified atom stereocenters. The summed E-state index contributed by atoms with van der Waals surface area (Å²) in [6, 6.07) is 0.